The highest BCUT2D eigenvalue weighted by molar-refractivity contribution is 5.94. The number of pyridine rings is 1. The van der Waals surface area contributed by atoms with E-state index in [1.54, 1.807) is 6.07 Å². The number of rotatable bonds is 7. The highest BCUT2D eigenvalue weighted by Crippen LogP contribution is 2.45. The molecule has 6 aromatic rings. The fourth-order valence-electron chi connectivity index (χ4n) is 7.64. The Bertz CT molecular complexity index is 2120. The highest BCUT2D eigenvalue weighted by atomic mass is 19.4. The molecule has 250 valence electrons. The number of hydrogen-bond acceptors (Lipinski definition) is 4. The van der Waals surface area contributed by atoms with Crippen molar-refractivity contribution in [2.75, 3.05) is 36.0 Å². The lowest BCUT2D eigenvalue weighted by molar-refractivity contribution is -0.137. The van der Waals surface area contributed by atoms with Crippen LogP contribution in [-0.4, -0.2) is 40.9 Å². The van der Waals surface area contributed by atoms with E-state index in [9.17, 15) is 13.2 Å². The summed E-state index contributed by atoms with van der Waals surface area (Å²) in [6, 6.07) is 35.3. The van der Waals surface area contributed by atoms with Crippen molar-refractivity contribution in [1.82, 2.24) is 14.8 Å². The first-order chi connectivity index (χ1) is 24.4. The molecule has 1 fully saturated rings. The van der Waals surface area contributed by atoms with Gasteiger partial charge in [0.05, 0.1) is 17.3 Å². The van der Waals surface area contributed by atoms with Crippen molar-refractivity contribution in [2.24, 2.45) is 5.92 Å². The number of alkyl halides is 3. The minimum absolute atomic E-state index is 0.132. The Kier molecular flexibility index (Phi) is 8.23. The van der Waals surface area contributed by atoms with Crippen molar-refractivity contribution in [1.29, 1.82) is 0 Å². The quantitative estimate of drug-likeness (QED) is 0.170. The molecule has 4 aromatic carbocycles. The van der Waals surface area contributed by atoms with Gasteiger partial charge in [-0.2, -0.15) is 18.3 Å². The lowest BCUT2D eigenvalue weighted by atomic mass is 9.70. The molecule has 0 saturated carbocycles. The molecule has 2 aromatic heterocycles. The summed E-state index contributed by atoms with van der Waals surface area (Å²) in [4.78, 5) is 9.00. The normalized spacial score (nSPS) is 16.7. The standard InChI is InChI=1S/C42H36F3N5/c43-42(44,45)36-17-10-18-37(28-36)48-23-25-49(26-24-48)40-21-22-46-39-20-19-31(27-38(39)40)32-29-47-50(30-32)41(33-11-4-1-5-12-33,34-13-6-2-7-14-34)35-15-8-3-9-16-35/h1-15,17-22,27-30,35H,16,23-26H2. The Morgan fingerprint density at radius 3 is 2.04 bits per heavy atom. The zero-order valence-corrected chi connectivity index (χ0v) is 27.4. The molecular formula is C42H36F3N5. The Hall–Kier alpha value is -5.63. The topological polar surface area (TPSA) is 37.2 Å². The molecule has 1 aliphatic carbocycles. The van der Waals surface area contributed by atoms with E-state index < -0.39 is 17.3 Å². The second-order valence-electron chi connectivity index (χ2n) is 12.9. The minimum atomic E-state index is -4.36. The molecule has 1 saturated heterocycles. The number of nitrogens with zero attached hydrogens (tertiary/aromatic N) is 5. The smallest absolute Gasteiger partial charge is 0.368 e. The summed E-state index contributed by atoms with van der Waals surface area (Å²) in [6.07, 6.45) is 11.2. The van der Waals surface area contributed by atoms with Crippen molar-refractivity contribution in [3.8, 4) is 11.1 Å². The van der Waals surface area contributed by atoms with Crippen molar-refractivity contribution >= 4 is 22.3 Å². The number of benzene rings is 4. The molecule has 8 heteroatoms. The first kappa shape index (κ1) is 31.6. The molecule has 3 heterocycles. The largest absolute Gasteiger partial charge is 0.416 e. The van der Waals surface area contributed by atoms with E-state index in [1.807, 2.05) is 23.4 Å². The summed E-state index contributed by atoms with van der Waals surface area (Å²) in [6.45, 7) is 2.59. The first-order valence-electron chi connectivity index (χ1n) is 17.0. The van der Waals surface area contributed by atoms with Gasteiger partial charge >= 0.3 is 6.18 Å². The Morgan fingerprint density at radius 2 is 1.36 bits per heavy atom. The number of hydrogen-bond donors (Lipinski definition) is 0. The summed E-state index contributed by atoms with van der Waals surface area (Å²) in [7, 11) is 0. The number of allylic oxidation sites excluding steroid dienone is 4. The van der Waals surface area contributed by atoms with Crippen molar-refractivity contribution in [3.63, 3.8) is 0 Å². The maximum Gasteiger partial charge on any atom is 0.416 e. The second kappa shape index (κ2) is 13.0. The number of fused-ring (bicyclic) bond motifs is 1. The highest BCUT2D eigenvalue weighted by Gasteiger charge is 2.43. The van der Waals surface area contributed by atoms with Gasteiger partial charge in [-0.25, -0.2) is 0 Å². The van der Waals surface area contributed by atoms with Gasteiger partial charge in [-0.05, 0) is 59.5 Å². The Balaban J connectivity index is 1.14. The summed E-state index contributed by atoms with van der Waals surface area (Å²) in [5.74, 6) is 0.132. The van der Waals surface area contributed by atoms with Gasteiger partial charge in [0, 0.05) is 66.8 Å². The van der Waals surface area contributed by atoms with Crippen LogP contribution in [0.4, 0.5) is 24.5 Å². The predicted octanol–water partition coefficient (Wildman–Crippen LogP) is 9.37. The van der Waals surface area contributed by atoms with Crippen LogP contribution >= 0.6 is 0 Å². The van der Waals surface area contributed by atoms with E-state index in [1.165, 1.54) is 23.3 Å². The van der Waals surface area contributed by atoms with Crippen LogP contribution in [0.1, 0.15) is 23.1 Å². The van der Waals surface area contributed by atoms with Crippen LogP contribution in [-0.2, 0) is 11.7 Å². The molecule has 0 N–H and O–H groups in total. The third-order valence-electron chi connectivity index (χ3n) is 10.1. The molecule has 1 aliphatic heterocycles. The Morgan fingerprint density at radius 1 is 0.660 bits per heavy atom. The maximum atomic E-state index is 13.4. The minimum Gasteiger partial charge on any atom is -0.368 e. The summed E-state index contributed by atoms with van der Waals surface area (Å²) < 4.78 is 42.3. The zero-order valence-electron chi connectivity index (χ0n) is 27.4. The Labute approximate surface area is 289 Å². The lowest BCUT2D eigenvalue weighted by Gasteiger charge is -2.41. The van der Waals surface area contributed by atoms with Crippen LogP contribution in [0.3, 0.4) is 0 Å². The van der Waals surface area contributed by atoms with Gasteiger partial charge in [0.15, 0.2) is 0 Å². The number of anilines is 2. The molecule has 50 heavy (non-hydrogen) atoms. The van der Waals surface area contributed by atoms with Crippen LogP contribution < -0.4 is 9.80 Å². The second-order valence-corrected chi connectivity index (χ2v) is 12.9. The summed E-state index contributed by atoms with van der Waals surface area (Å²) in [5, 5.41) is 6.13. The van der Waals surface area contributed by atoms with E-state index in [2.05, 4.69) is 124 Å². The van der Waals surface area contributed by atoms with Gasteiger partial charge in [-0.1, -0.05) is 97.1 Å². The average Bonchev–Trinajstić information content (AvgIpc) is 3.66. The van der Waals surface area contributed by atoms with Crippen LogP contribution in [0.15, 0.2) is 152 Å². The zero-order chi connectivity index (χ0) is 34.1. The van der Waals surface area contributed by atoms with Crippen molar-refractivity contribution in [3.05, 3.63) is 169 Å². The van der Waals surface area contributed by atoms with Gasteiger partial charge in [0.2, 0.25) is 0 Å². The van der Waals surface area contributed by atoms with Crippen LogP contribution in [0.25, 0.3) is 22.0 Å². The van der Waals surface area contributed by atoms with Gasteiger partial charge in [-0.3, -0.25) is 9.67 Å². The van der Waals surface area contributed by atoms with Gasteiger partial charge < -0.3 is 9.80 Å². The van der Waals surface area contributed by atoms with Gasteiger partial charge in [0.25, 0.3) is 0 Å². The average molecular weight is 668 g/mol. The van der Waals surface area contributed by atoms with Crippen LogP contribution in [0.2, 0.25) is 0 Å². The molecule has 0 bridgehead atoms. The first-order valence-corrected chi connectivity index (χ1v) is 17.0. The van der Waals surface area contributed by atoms with Crippen molar-refractivity contribution < 1.29 is 13.2 Å². The molecule has 2 aliphatic rings. The SMILES string of the molecule is FC(F)(F)c1cccc(N2CCN(c3ccnc4ccc(-c5cnn(C(c6ccccc6)(c6ccccc6)C6C=CC=CC6)c5)cc34)CC2)c1. The molecule has 5 nitrogen and oxygen atoms in total. The van der Waals surface area contributed by atoms with E-state index >= 15 is 0 Å². The molecule has 8 rings (SSSR count). The lowest BCUT2D eigenvalue weighted by Crippen LogP contribution is -2.46. The van der Waals surface area contributed by atoms with Crippen LogP contribution in [0.5, 0.6) is 0 Å². The molecular weight excluding hydrogens is 631 g/mol. The predicted molar refractivity (Wildman–Crippen MR) is 194 cm³/mol. The molecule has 0 amide bonds. The molecule has 1 atom stereocenters. The van der Waals surface area contributed by atoms with E-state index in [0.717, 1.165) is 40.2 Å². The third-order valence-corrected chi connectivity index (χ3v) is 10.1. The molecule has 0 radical (unpaired) electrons. The van der Waals surface area contributed by atoms with E-state index in [-0.39, 0.29) is 5.92 Å². The molecule has 0 spiro atoms. The molecule has 1 unspecified atom stereocenters. The fraction of sp³-hybridized carbons (Fsp3) is 0.190. The van der Waals surface area contributed by atoms with E-state index in [4.69, 9.17) is 5.10 Å². The van der Waals surface area contributed by atoms with Crippen molar-refractivity contribution in [2.45, 2.75) is 18.1 Å². The fourth-order valence-corrected chi connectivity index (χ4v) is 7.64. The van der Waals surface area contributed by atoms with Gasteiger partial charge in [0.1, 0.15) is 5.54 Å². The number of aromatic nitrogens is 3. The monoisotopic (exact) mass is 667 g/mol. The van der Waals surface area contributed by atoms with E-state index in [0.29, 0.717) is 31.9 Å². The summed E-state index contributed by atoms with van der Waals surface area (Å²) >= 11 is 0. The third kappa shape index (κ3) is 5.74. The van der Waals surface area contributed by atoms with Crippen LogP contribution in [0, 0.1) is 5.92 Å². The number of halogens is 3. The number of piperazine rings is 1. The maximum absolute atomic E-state index is 13.4. The summed E-state index contributed by atoms with van der Waals surface area (Å²) in [5.41, 5.74) is 5.73. The van der Waals surface area contributed by atoms with Gasteiger partial charge in [-0.15, -0.1) is 0 Å².